The Morgan fingerprint density at radius 2 is 2.00 bits per heavy atom. The predicted octanol–water partition coefficient (Wildman–Crippen LogP) is 2.01. The molecule has 2 heterocycles. The highest BCUT2D eigenvalue weighted by molar-refractivity contribution is 7.13. The van der Waals surface area contributed by atoms with Crippen LogP contribution in [0.1, 0.15) is 16.3 Å². The molecule has 0 atom stereocenters. The van der Waals surface area contributed by atoms with E-state index in [9.17, 15) is 14.4 Å². The molecule has 0 aliphatic heterocycles. The average Bonchev–Trinajstić information content (AvgIpc) is 3.12. The van der Waals surface area contributed by atoms with Gasteiger partial charge in [-0.15, -0.1) is 11.3 Å². The number of carboxylic acid groups (broad SMARTS) is 1. The van der Waals surface area contributed by atoms with Crippen molar-refractivity contribution in [1.29, 1.82) is 0 Å². The number of hydrogen-bond acceptors (Lipinski definition) is 6. The molecule has 0 radical (unpaired) electrons. The first-order valence-electron chi connectivity index (χ1n) is 7.56. The van der Waals surface area contributed by atoms with Gasteiger partial charge in [0.25, 0.3) is 11.5 Å². The number of anilines is 1. The van der Waals surface area contributed by atoms with Crippen LogP contribution >= 0.6 is 11.3 Å². The number of aryl methyl sites for hydroxylation is 1. The Hall–Kier alpha value is -3.33. The maximum atomic E-state index is 12.4. The van der Waals surface area contributed by atoms with Crippen LogP contribution in [0, 0.1) is 6.92 Å². The molecular weight excluding hydrogens is 356 g/mol. The van der Waals surface area contributed by atoms with Crippen LogP contribution in [0.2, 0.25) is 0 Å². The summed E-state index contributed by atoms with van der Waals surface area (Å²) in [6.45, 7) is 0.985. The van der Waals surface area contributed by atoms with E-state index in [1.165, 1.54) is 24.5 Å². The molecule has 2 N–H and O–H groups in total. The average molecular weight is 370 g/mol. The summed E-state index contributed by atoms with van der Waals surface area (Å²) in [5.74, 6) is -1.49. The fourth-order valence-corrected chi connectivity index (χ4v) is 3.07. The van der Waals surface area contributed by atoms with Crippen molar-refractivity contribution >= 4 is 28.9 Å². The minimum Gasteiger partial charge on any atom is -0.480 e. The van der Waals surface area contributed by atoms with Crippen molar-refractivity contribution in [2.75, 3.05) is 5.32 Å². The Labute approximate surface area is 151 Å². The number of carbonyl (C=O) groups excluding carboxylic acids is 1. The number of thiazole rings is 1. The van der Waals surface area contributed by atoms with Crippen LogP contribution in [-0.2, 0) is 11.3 Å². The first kappa shape index (κ1) is 17.5. The largest absolute Gasteiger partial charge is 0.480 e. The summed E-state index contributed by atoms with van der Waals surface area (Å²) < 4.78 is 0.981. The lowest BCUT2D eigenvalue weighted by Gasteiger charge is -2.09. The number of nitrogens with one attached hydrogen (secondary N) is 1. The van der Waals surface area contributed by atoms with E-state index in [1.807, 2.05) is 30.3 Å². The third kappa shape index (κ3) is 3.67. The zero-order valence-corrected chi connectivity index (χ0v) is 14.5. The standard InChI is InChI=1S/C17H14N4O4S/c1-10-18-7-12(17(25)21(10)8-14(22)23)19-15(24)13-9-26-16(20-13)11-5-3-2-4-6-11/h2-7,9H,8H2,1H3,(H,19,24)(H,22,23). The first-order chi connectivity index (χ1) is 12.5. The minimum absolute atomic E-state index is 0.101. The van der Waals surface area contributed by atoms with Crippen molar-refractivity contribution in [1.82, 2.24) is 14.5 Å². The third-order valence-corrected chi connectivity index (χ3v) is 4.44. The van der Waals surface area contributed by atoms with Gasteiger partial charge in [-0.3, -0.25) is 19.0 Å². The lowest BCUT2D eigenvalue weighted by atomic mass is 10.2. The highest BCUT2D eigenvalue weighted by Crippen LogP contribution is 2.23. The zero-order valence-electron chi connectivity index (χ0n) is 13.7. The number of nitrogens with zero attached hydrogens (tertiary/aromatic N) is 3. The van der Waals surface area contributed by atoms with E-state index in [4.69, 9.17) is 5.11 Å². The SMILES string of the molecule is Cc1ncc(NC(=O)c2csc(-c3ccccc3)n2)c(=O)n1CC(=O)O. The Morgan fingerprint density at radius 3 is 2.69 bits per heavy atom. The number of aromatic nitrogens is 3. The van der Waals surface area contributed by atoms with Crippen molar-refractivity contribution in [3.05, 3.63) is 63.8 Å². The Balaban J connectivity index is 1.84. The molecule has 0 saturated carbocycles. The molecule has 0 saturated heterocycles. The second-order valence-electron chi connectivity index (χ2n) is 5.36. The monoisotopic (exact) mass is 370 g/mol. The summed E-state index contributed by atoms with van der Waals surface area (Å²) in [4.78, 5) is 43.8. The maximum absolute atomic E-state index is 12.4. The third-order valence-electron chi connectivity index (χ3n) is 3.55. The Morgan fingerprint density at radius 1 is 1.27 bits per heavy atom. The summed E-state index contributed by atoms with van der Waals surface area (Å²) in [7, 11) is 0. The summed E-state index contributed by atoms with van der Waals surface area (Å²) in [6.07, 6.45) is 1.21. The molecule has 0 spiro atoms. The molecule has 0 unspecified atom stereocenters. The van der Waals surface area contributed by atoms with Gasteiger partial charge < -0.3 is 10.4 Å². The molecule has 132 valence electrons. The van der Waals surface area contributed by atoms with Gasteiger partial charge in [-0.1, -0.05) is 30.3 Å². The molecule has 1 amide bonds. The number of carboxylic acids is 1. The van der Waals surface area contributed by atoms with Crippen molar-refractivity contribution in [2.24, 2.45) is 0 Å². The first-order valence-corrected chi connectivity index (χ1v) is 8.44. The number of benzene rings is 1. The topological polar surface area (TPSA) is 114 Å². The predicted molar refractivity (Wildman–Crippen MR) is 96.4 cm³/mol. The number of rotatable bonds is 5. The molecule has 8 nitrogen and oxygen atoms in total. The van der Waals surface area contributed by atoms with Crippen LogP contribution in [0.4, 0.5) is 5.69 Å². The van der Waals surface area contributed by atoms with Crippen LogP contribution in [0.5, 0.6) is 0 Å². The van der Waals surface area contributed by atoms with Crippen LogP contribution in [0.15, 0.2) is 46.7 Å². The van der Waals surface area contributed by atoms with E-state index in [1.54, 1.807) is 5.38 Å². The molecule has 3 rings (SSSR count). The molecule has 0 aliphatic rings. The molecule has 0 bridgehead atoms. The Bertz CT molecular complexity index is 1030. The van der Waals surface area contributed by atoms with Gasteiger partial charge in [0.1, 0.15) is 28.8 Å². The van der Waals surface area contributed by atoms with Gasteiger partial charge in [-0.2, -0.15) is 0 Å². The molecule has 1 aromatic carbocycles. The van der Waals surface area contributed by atoms with Gasteiger partial charge in [0.2, 0.25) is 0 Å². The number of aliphatic carboxylic acids is 1. The van der Waals surface area contributed by atoms with E-state index >= 15 is 0 Å². The fraction of sp³-hybridized carbons (Fsp3) is 0.118. The number of amides is 1. The molecule has 3 aromatic rings. The molecular formula is C17H14N4O4S. The highest BCUT2D eigenvalue weighted by atomic mass is 32.1. The minimum atomic E-state index is -1.17. The van der Waals surface area contributed by atoms with E-state index in [0.29, 0.717) is 5.01 Å². The van der Waals surface area contributed by atoms with Gasteiger partial charge in [-0.25, -0.2) is 9.97 Å². The highest BCUT2D eigenvalue weighted by Gasteiger charge is 2.16. The van der Waals surface area contributed by atoms with Gasteiger partial charge in [0, 0.05) is 10.9 Å². The van der Waals surface area contributed by atoms with Crippen LogP contribution in [0.25, 0.3) is 10.6 Å². The molecule has 2 aromatic heterocycles. The van der Waals surface area contributed by atoms with E-state index < -0.39 is 24.0 Å². The van der Waals surface area contributed by atoms with Gasteiger partial charge in [-0.05, 0) is 6.92 Å². The van der Waals surface area contributed by atoms with E-state index in [0.717, 1.165) is 10.1 Å². The van der Waals surface area contributed by atoms with Crippen molar-refractivity contribution < 1.29 is 14.7 Å². The van der Waals surface area contributed by atoms with Gasteiger partial charge in [0.15, 0.2) is 0 Å². The lowest BCUT2D eigenvalue weighted by Crippen LogP contribution is -2.30. The number of carbonyl (C=O) groups is 2. The summed E-state index contributed by atoms with van der Waals surface area (Å²) in [5, 5.41) is 13.6. The van der Waals surface area contributed by atoms with Gasteiger partial charge in [0.05, 0.1) is 6.20 Å². The zero-order chi connectivity index (χ0) is 18.7. The summed E-state index contributed by atoms with van der Waals surface area (Å²) in [6, 6.07) is 9.40. The van der Waals surface area contributed by atoms with Crippen LogP contribution in [-0.4, -0.2) is 31.5 Å². The molecule has 0 fully saturated rings. The summed E-state index contributed by atoms with van der Waals surface area (Å²) >= 11 is 1.31. The van der Waals surface area contributed by atoms with Crippen molar-refractivity contribution in [3.8, 4) is 10.6 Å². The van der Waals surface area contributed by atoms with Crippen molar-refractivity contribution in [3.63, 3.8) is 0 Å². The van der Waals surface area contributed by atoms with E-state index in [-0.39, 0.29) is 17.2 Å². The Kier molecular flexibility index (Phi) is 4.90. The second kappa shape index (κ2) is 7.28. The molecule has 26 heavy (non-hydrogen) atoms. The van der Waals surface area contributed by atoms with Gasteiger partial charge >= 0.3 is 5.97 Å². The van der Waals surface area contributed by atoms with Crippen molar-refractivity contribution in [2.45, 2.75) is 13.5 Å². The van der Waals surface area contributed by atoms with Crippen LogP contribution in [0.3, 0.4) is 0 Å². The quantitative estimate of drug-likeness (QED) is 0.710. The fourth-order valence-electron chi connectivity index (χ4n) is 2.26. The van der Waals surface area contributed by atoms with Crippen LogP contribution < -0.4 is 10.9 Å². The number of hydrogen-bond donors (Lipinski definition) is 2. The normalized spacial score (nSPS) is 10.5. The smallest absolute Gasteiger partial charge is 0.323 e. The second-order valence-corrected chi connectivity index (χ2v) is 6.22. The summed E-state index contributed by atoms with van der Waals surface area (Å²) in [5.41, 5.74) is 0.318. The van der Waals surface area contributed by atoms with E-state index in [2.05, 4.69) is 15.3 Å². The molecule has 9 heteroatoms. The maximum Gasteiger partial charge on any atom is 0.323 e. The molecule has 0 aliphatic carbocycles. The lowest BCUT2D eigenvalue weighted by molar-refractivity contribution is -0.137.